The normalized spacial score (nSPS) is 14.4. The Labute approximate surface area is 177 Å². The molecule has 29 heavy (non-hydrogen) atoms. The van der Waals surface area contributed by atoms with Gasteiger partial charge in [-0.05, 0) is 43.3 Å². The second-order valence-corrected chi connectivity index (χ2v) is 8.70. The van der Waals surface area contributed by atoms with E-state index in [0.717, 1.165) is 39.1 Å². The van der Waals surface area contributed by atoms with Crippen LogP contribution in [-0.2, 0) is 4.79 Å². The molecule has 1 aliphatic rings. The number of hydrogen-bond acceptors (Lipinski definition) is 6. The smallest absolute Gasteiger partial charge is 0.233 e. The maximum atomic E-state index is 13.0. The van der Waals surface area contributed by atoms with E-state index >= 15 is 0 Å². The maximum absolute atomic E-state index is 13.0. The van der Waals surface area contributed by atoms with Gasteiger partial charge in [0.1, 0.15) is 17.1 Å². The number of benzene rings is 2. The van der Waals surface area contributed by atoms with E-state index in [0.29, 0.717) is 25.4 Å². The molecule has 0 saturated carbocycles. The molecule has 0 unspecified atom stereocenters. The van der Waals surface area contributed by atoms with Crippen molar-refractivity contribution in [1.82, 2.24) is 9.88 Å². The van der Waals surface area contributed by atoms with Crippen molar-refractivity contribution in [3.63, 3.8) is 0 Å². The van der Waals surface area contributed by atoms with Gasteiger partial charge in [-0.15, -0.1) is 11.8 Å². The van der Waals surface area contributed by atoms with Crippen LogP contribution in [0.3, 0.4) is 0 Å². The zero-order valence-corrected chi connectivity index (χ0v) is 17.8. The van der Waals surface area contributed by atoms with Crippen LogP contribution in [-0.4, -0.2) is 54.3 Å². The van der Waals surface area contributed by atoms with Gasteiger partial charge in [0, 0.05) is 31.1 Å². The summed E-state index contributed by atoms with van der Waals surface area (Å²) < 4.78 is 19.8. The summed E-state index contributed by atoms with van der Waals surface area (Å²) in [6, 6.07) is 12.2. The number of ether oxygens (including phenoxy) is 1. The predicted octanol–water partition coefficient (Wildman–Crippen LogP) is 4.28. The molecule has 1 aliphatic heterocycles. The summed E-state index contributed by atoms with van der Waals surface area (Å²) in [6.07, 6.45) is 0. The van der Waals surface area contributed by atoms with Crippen LogP contribution in [0.15, 0.2) is 47.4 Å². The van der Waals surface area contributed by atoms with Gasteiger partial charge >= 0.3 is 0 Å². The van der Waals surface area contributed by atoms with Gasteiger partial charge in [0.15, 0.2) is 5.13 Å². The van der Waals surface area contributed by atoms with E-state index in [-0.39, 0.29) is 11.7 Å². The largest absolute Gasteiger partial charge is 0.492 e. The molecule has 2 aromatic carbocycles. The second kappa shape index (κ2) is 9.00. The number of carbonyl (C=O) groups is 1. The van der Waals surface area contributed by atoms with Crippen molar-refractivity contribution in [3.05, 3.63) is 48.3 Å². The molecule has 0 bridgehead atoms. The molecule has 0 spiro atoms. The highest BCUT2D eigenvalue weighted by Gasteiger charge is 2.23. The van der Waals surface area contributed by atoms with E-state index in [9.17, 15) is 9.18 Å². The molecule has 1 aromatic heterocycles. The number of halogens is 1. The van der Waals surface area contributed by atoms with Gasteiger partial charge in [-0.3, -0.25) is 4.79 Å². The number of nitrogens with zero attached hydrogens (tertiary/aromatic N) is 3. The summed E-state index contributed by atoms with van der Waals surface area (Å²) in [5, 5.41) is 0.972. The lowest BCUT2D eigenvalue weighted by atomic mass is 10.3. The van der Waals surface area contributed by atoms with Crippen LogP contribution in [0.1, 0.15) is 6.92 Å². The van der Waals surface area contributed by atoms with E-state index < -0.39 is 0 Å². The Bertz CT molecular complexity index is 985. The molecule has 2 heterocycles. The van der Waals surface area contributed by atoms with Crippen LogP contribution in [0.2, 0.25) is 0 Å². The lowest BCUT2D eigenvalue weighted by Gasteiger charge is -2.34. The van der Waals surface area contributed by atoms with Crippen molar-refractivity contribution in [2.24, 2.45) is 0 Å². The number of hydrogen-bond donors (Lipinski definition) is 0. The summed E-state index contributed by atoms with van der Waals surface area (Å²) >= 11 is 3.10. The zero-order chi connectivity index (χ0) is 20.2. The minimum absolute atomic E-state index is 0.113. The highest BCUT2D eigenvalue weighted by Crippen LogP contribution is 2.34. The molecule has 0 atom stereocenters. The van der Waals surface area contributed by atoms with E-state index in [1.54, 1.807) is 23.5 Å². The molecule has 4 rings (SSSR count). The molecule has 0 aliphatic carbocycles. The number of thiazole rings is 1. The fraction of sp³-hybridized carbons (Fsp3) is 0.333. The number of rotatable bonds is 6. The van der Waals surface area contributed by atoms with Crippen LogP contribution in [0.5, 0.6) is 5.75 Å². The molecule has 5 nitrogen and oxygen atoms in total. The van der Waals surface area contributed by atoms with E-state index in [4.69, 9.17) is 9.72 Å². The van der Waals surface area contributed by atoms with Gasteiger partial charge in [-0.1, -0.05) is 17.4 Å². The van der Waals surface area contributed by atoms with Gasteiger partial charge in [-0.25, -0.2) is 9.37 Å². The molecule has 0 N–H and O–H groups in total. The van der Waals surface area contributed by atoms with E-state index in [1.807, 2.05) is 24.0 Å². The standard InChI is InChI=1S/C21H22FN3O2S2/c1-2-27-17-4-3-5-18-20(17)23-21(29-18)25-12-10-24(11-13-25)19(26)14-28-16-8-6-15(22)7-9-16/h3-9H,2,10-14H2,1H3. The summed E-state index contributed by atoms with van der Waals surface area (Å²) in [6.45, 7) is 5.46. The van der Waals surface area contributed by atoms with Crippen LogP contribution < -0.4 is 9.64 Å². The first-order valence-corrected chi connectivity index (χ1v) is 11.4. The van der Waals surface area contributed by atoms with E-state index in [1.165, 1.54) is 23.9 Å². The third-order valence-electron chi connectivity index (χ3n) is 4.75. The number of para-hydroxylation sites is 1. The molecule has 8 heteroatoms. The molecule has 3 aromatic rings. The quantitative estimate of drug-likeness (QED) is 0.546. The predicted molar refractivity (Wildman–Crippen MR) is 117 cm³/mol. The van der Waals surface area contributed by atoms with Gasteiger partial charge in [0.2, 0.25) is 5.91 Å². The number of amides is 1. The summed E-state index contributed by atoms with van der Waals surface area (Å²) in [5.41, 5.74) is 0.906. The summed E-state index contributed by atoms with van der Waals surface area (Å²) in [4.78, 5) is 22.3. The lowest BCUT2D eigenvalue weighted by Crippen LogP contribution is -2.49. The Hall–Kier alpha value is -2.32. The minimum Gasteiger partial charge on any atom is -0.492 e. The van der Waals surface area contributed by atoms with Gasteiger partial charge < -0.3 is 14.5 Å². The van der Waals surface area contributed by atoms with Crippen molar-refractivity contribution in [1.29, 1.82) is 0 Å². The van der Waals surface area contributed by atoms with Crippen molar-refractivity contribution in [2.75, 3.05) is 43.4 Å². The average Bonchev–Trinajstić information content (AvgIpc) is 3.19. The number of fused-ring (bicyclic) bond motifs is 1. The Morgan fingerprint density at radius 2 is 1.93 bits per heavy atom. The molecule has 1 amide bonds. The lowest BCUT2D eigenvalue weighted by molar-refractivity contribution is -0.128. The Balaban J connectivity index is 1.34. The number of piperazine rings is 1. The molecular weight excluding hydrogens is 409 g/mol. The van der Waals surface area contributed by atoms with Crippen molar-refractivity contribution in [3.8, 4) is 5.75 Å². The molecule has 0 radical (unpaired) electrons. The number of thioether (sulfide) groups is 1. The highest BCUT2D eigenvalue weighted by molar-refractivity contribution is 8.00. The highest BCUT2D eigenvalue weighted by atomic mass is 32.2. The minimum atomic E-state index is -0.264. The van der Waals surface area contributed by atoms with Crippen molar-refractivity contribution in [2.45, 2.75) is 11.8 Å². The van der Waals surface area contributed by atoms with Crippen LogP contribution in [0.4, 0.5) is 9.52 Å². The fourth-order valence-electron chi connectivity index (χ4n) is 3.23. The van der Waals surface area contributed by atoms with Crippen LogP contribution in [0.25, 0.3) is 10.2 Å². The second-order valence-electron chi connectivity index (χ2n) is 6.64. The molecule has 1 saturated heterocycles. The SMILES string of the molecule is CCOc1cccc2sc(N3CCN(C(=O)CSc4ccc(F)cc4)CC3)nc12. The Morgan fingerprint density at radius 3 is 2.66 bits per heavy atom. The average molecular weight is 432 g/mol. The van der Waals surface area contributed by atoms with Crippen LogP contribution >= 0.6 is 23.1 Å². The summed E-state index contributed by atoms with van der Waals surface area (Å²) in [7, 11) is 0. The number of carbonyl (C=O) groups excluding carboxylic acids is 1. The maximum Gasteiger partial charge on any atom is 0.233 e. The van der Waals surface area contributed by atoms with Crippen LogP contribution in [0, 0.1) is 5.82 Å². The first-order valence-electron chi connectivity index (χ1n) is 9.57. The third kappa shape index (κ3) is 4.64. The molecule has 1 fully saturated rings. The first-order chi connectivity index (χ1) is 14.1. The van der Waals surface area contributed by atoms with Crippen molar-refractivity contribution >= 4 is 44.4 Å². The monoisotopic (exact) mass is 431 g/mol. The van der Waals surface area contributed by atoms with E-state index in [2.05, 4.69) is 11.0 Å². The number of aromatic nitrogens is 1. The van der Waals surface area contributed by atoms with Crippen molar-refractivity contribution < 1.29 is 13.9 Å². The van der Waals surface area contributed by atoms with Gasteiger partial charge in [-0.2, -0.15) is 0 Å². The molecular formula is C21H22FN3O2S2. The number of anilines is 1. The first kappa shape index (κ1) is 20.0. The van der Waals surface area contributed by atoms with Gasteiger partial charge in [0.25, 0.3) is 0 Å². The Morgan fingerprint density at radius 1 is 1.17 bits per heavy atom. The zero-order valence-electron chi connectivity index (χ0n) is 16.1. The third-order valence-corrected chi connectivity index (χ3v) is 6.83. The fourth-order valence-corrected chi connectivity index (χ4v) is 5.07. The summed E-state index contributed by atoms with van der Waals surface area (Å²) in [5.74, 6) is 1.03. The van der Waals surface area contributed by atoms with Gasteiger partial charge in [0.05, 0.1) is 17.1 Å². The Kier molecular flexibility index (Phi) is 6.20. The molecule has 152 valence electrons. The topological polar surface area (TPSA) is 45.7 Å².